The van der Waals surface area contributed by atoms with Crippen molar-refractivity contribution < 1.29 is 14.6 Å². The lowest BCUT2D eigenvalue weighted by atomic mass is 10.1. The van der Waals surface area contributed by atoms with E-state index in [9.17, 15) is 5.11 Å². The van der Waals surface area contributed by atoms with E-state index in [2.05, 4.69) is 12.2 Å². The molecular formula is C17H23NO3. The van der Waals surface area contributed by atoms with Crippen LogP contribution in [0.5, 0.6) is 5.75 Å². The average molecular weight is 289 g/mol. The molecule has 0 saturated heterocycles. The van der Waals surface area contributed by atoms with E-state index in [0.717, 1.165) is 35.5 Å². The van der Waals surface area contributed by atoms with Crippen molar-refractivity contribution >= 4 is 0 Å². The first-order valence-corrected chi connectivity index (χ1v) is 7.28. The van der Waals surface area contributed by atoms with Crippen LogP contribution in [0.15, 0.2) is 47.7 Å². The fraction of sp³-hybridized carbons (Fsp3) is 0.412. The normalized spacial score (nSPS) is 16.0. The summed E-state index contributed by atoms with van der Waals surface area (Å²) in [7, 11) is 1.69. The van der Waals surface area contributed by atoms with Gasteiger partial charge in [-0.15, -0.1) is 0 Å². The Morgan fingerprint density at radius 2 is 2.24 bits per heavy atom. The molecule has 1 aliphatic carbocycles. The molecule has 1 unspecified atom stereocenters. The van der Waals surface area contributed by atoms with Crippen LogP contribution in [0.2, 0.25) is 0 Å². The highest BCUT2D eigenvalue weighted by Crippen LogP contribution is 2.23. The second-order valence-electron chi connectivity index (χ2n) is 5.05. The first-order chi connectivity index (χ1) is 10.2. The Morgan fingerprint density at radius 3 is 3.00 bits per heavy atom. The zero-order valence-corrected chi connectivity index (χ0v) is 12.4. The smallest absolute Gasteiger partial charge is 0.120 e. The summed E-state index contributed by atoms with van der Waals surface area (Å²) in [5.74, 6) is 1.72. The maximum absolute atomic E-state index is 9.97. The van der Waals surface area contributed by atoms with E-state index in [1.54, 1.807) is 7.11 Å². The molecule has 0 bridgehead atoms. The number of aliphatic hydroxyl groups is 1. The summed E-state index contributed by atoms with van der Waals surface area (Å²) < 4.78 is 11.2. The van der Waals surface area contributed by atoms with Gasteiger partial charge in [0.25, 0.3) is 0 Å². The Hall–Kier alpha value is -1.78. The van der Waals surface area contributed by atoms with Gasteiger partial charge in [0, 0.05) is 12.0 Å². The van der Waals surface area contributed by atoms with Crippen LogP contribution in [0.4, 0.5) is 0 Å². The fourth-order valence-corrected chi connectivity index (χ4v) is 2.35. The largest absolute Gasteiger partial charge is 0.501 e. The van der Waals surface area contributed by atoms with Crippen molar-refractivity contribution in [2.75, 3.05) is 20.3 Å². The summed E-state index contributed by atoms with van der Waals surface area (Å²) in [6, 6.07) is 7.51. The molecule has 0 fully saturated rings. The molecule has 1 atom stereocenters. The molecule has 0 radical (unpaired) electrons. The molecule has 4 heteroatoms. The van der Waals surface area contributed by atoms with Crippen LogP contribution in [-0.2, 0) is 4.74 Å². The van der Waals surface area contributed by atoms with Gasteiger partial charge in [-0.2, -0.15) is 0 Å². The van der Waals surface area contributed by atoms with Crippen molar-refractivity contribution in [3.63, 3.8) is 0 Å². The molecule has 1 aromatic rings. The highest BCUT2D eigenvalue weighted by molar-refractivity contribution is 5.32. The number of rotatable bonds is 7. The lowest BCUT2D eigenvalue weighted by Crippen LogP contribution is -2.08. The van der Waals surface area contributed by atoms with E-state index in [-0.39, 0.29) is 0 Å². The van der Waals surface area contributed by atoms with E-state index in [4.69, 9.17) is 15.2 Å². The van der Waals surface area contributed by atoms with Gasteiger partial charge < -0.3 is 20.3 Å². The van der Waals surface area contributed by atoms with E-state index in [0.29, 0.717) is 19.6 Å². The highest BCUT2D eigenvalue weighted by atomic mass is 16.5. The van der Waals surface area contributed by atoms with Crippen molar-refractivity contribution in [2.45, 2.75) is 25.4 Å². The molecule has 0 saturated carbocycles. The van der Waals surface area contributed by atoms with Crippen LogP contribution in [0.3, 0.4) is 0 Å². The third-order valence-corrected chi connectivity index (χ3v) is 3.54. The molecule has 1 aromatic carbocycles. The van der Waals surface area contributed by atoms with E-state index >= 15 is 0 Å². The van der Waals surface area contributed by atoms with E-state index in [1.165, 1.54) is 0 Å². The van der Waals surface area contributed by atoms with Gasteiger partial charge in [-0.05, 0) is 37.1 Å². The van der Waals surface area contributed by atoms with Crippen molar-refractivity contribution in [1.82, 2.24) is 0 Å². The molecule has 0 aliphatic heterocycles. The lowest BCUT2D eigenvalue weighted by molar-refractivity contribution is 0.170. The van der Waals surface area contributed by atoms with Crippen LogP contribution < -0.4 is 10.5 Å². The summed E-state index contributed by atoms with van der Waals surface area (Å²) in [6.45, 7) is 0.928. The van der Waals surface area contributed by atoms with Gasteiger partial charge in [-0.1, -0.05) is 24.3 Å². The predicted octanol–water partition coefficient (Wildman–Crippen LogP) is 2.70. The Balaban J connectivity index is 2.02. The number of hydrogen-bond donors (Lipinski definition) is 2. The predicted molar refractivity (Wildman–Crippen MR) is 83.0 cm³/mol. The van der Waals surface area contributed by atoms with Crippen LogP contribution in [0, 0.1) is 0 Å². The molecule has 4 nitrogen and oxygen atoms in total. The van der Waals surface area contributed by atoms with Gasteiger partial charge in [0.1, 0.15) is 18.1 Å². The number of ether oxygens (including phenoxy) is 2. The quantitative estimate of drug-likeness (QED) is 0.810. The molecule has 3 N–H and O–H groups in total. The van der Waals surface area contributed by atoms with Gasteiger partial charge in [-0.3, -0.25) is 0 Å². The third-order valence-electron chi connectivity index (χ3n) is 3.54. The van der Waals surface area contributed by atoms with Crippen molar-refractivity contribution in [1.29, 1.82) is 0 Å². The second-order valence-corrected chi connectivity index (χ2v) is 5.05. The zero-order chi connectivity index (χ0) is 15.1. The molecule has 0 amide bonds. The van der Waals surface area contributed by atoms with Crippen molar-refractivity contribution in [3.05, 3.63) is 53.3 Å². The van der Waals surface area contributed by atoms with Crippen molar-refractivity contribution in [3.8, 4) is 5.75 Å². The Bertz CT molecular complexity index is 523. The van der Waals surface area contributed by atoms with Crippen molar-refractivity contribution in [2.24, 2.45) is 5.73 Å². The monoisotopic (exact) mass is 289 g/mol. The molecule has 0 spiro atoms. The summed E-state index contributed by atoms with van der Waals surface area (Å²) in [5.41, 5.74) is 7.37. The van der Waals surface area contributed by atoms with Crippen LogP contribution in [0.1, 0.15) is 30.9 Å². The van der Waals surface area contributed by atoms with Crippen LogP contribution in [0.25, 0.3) is 0 Å². The van der Waals surface area contributed by atoms with E-state index in [1.807, 2.05) is 24.3 Å². The minimum atomic E-state index is -0.540. The number of allylic oxidation sites excluding steroid dienone is 2. The molecule has 2 rings (SSSR count). The topological polar surface area (TPSA) is 64.7 Å². The number of hydrogen-bond acceptors (Lipinski definition) is 4. The summed E-state index contributed by atoms with van der Waals surface area (Å²) in [5, 5.41) is 9.97. The second kappa shape index (κ2) is 7.86. The Morgan fingerprint density at radius 1 is 1.38 bits per heavy atom. The maximum Gasteiger partial charge on any atom is 0.120 e. The number of benzene rings is 1. The summed E-state index contributed by atoms with van der Waals surface area (Å²) >= 11 is 0. The third kappa shape index (κ3) is 4.34. The lowest BCUT2D eigenvalue weighted by Gasteiger charge is -2.16. The molecular weight excluding hydrogens is 266 g/mol. The maximum atomic E-state index is 9.97. The Kier molecular flexibility index (Phi) is 5.84. The van der Waals surface area contributed by atoms with Gasteiger partial charge >= 0.3 is 0 Å². The Labute approximate surface area is 125 Å². The highest BCUT2D eigenvalue weighted by Gasteiger charge is 2.11. The van der Waals surface area contributed by atoms with Crippen LogP contribution in [-0.4, -0.2) is 25.4 Å². The molecule has 0 heterocycles. The first kappa shape index (κ1) is 15.6. The standard InChI is InChI=1S/C17H23NO3/c1-20-17-8-3-2-5-14(17)12-21-15-7-4-6-13(11-15)16(19)9-10-18/h2,4-7,11,16,19H,3,8-10,12,18H2,1H3. The number of nitrogens with two attached hydrogens (primary N) is 1. The zero-order valence-electron chi connectivity index (χ0n) is 12.4. The minimum absolute atomic E-state index is 0.459. The van der Waals surface area contributed by atoms with Crippen LogP contribution >= 0.6 is 0 Å². The van der Waals surface area contributed by atoms with Gasteiger partial charge in [0.2, 0.25) is 0 Å². The van der Waals surface area contributed by atoms with Gasteiger partial charge in [-0.25, -0.2) is 0 Å². The van der Waals surface area contributed by atoms with Gasteiger partial charge in [0.05, 0.1) is 13.2 Å². The number of aliphatic hydroxyl groups excluding tert-OH is 1. The fourth-order valence-electron chi connectivity index (χ4n) is 2.35. The molecule has 1 aliphatic rings. The summed E-state index contributed by atoms with van der Waals surface area (Å²) in [4.78, 5) is 0. The van der Waals surface area contributed by atoms with Gasteiger partial charge in [0.15, 0.2) is 0 Å². The number of methoxy groups -OCH3 is 1. The molecule has 21 heavy (non-hydrogen) atoms. The minimum Gasteiger partial charge on any atom is -0.501 e. The molecule has 0 aromatic heterocycles. The average Bonchev–Trinajstić information content (AvgIpc) is 2.53. The van der Waals surface area contributed by atoms with E-state index < -0.39 is 6.10 Å². The summed E-state index contributed by atoms with van der Waals surface area (Å²) in [6.07, 6.45) is 6.11. The first-order valence-electron chi connectivity index (χ1n) is 7.28. The SMILES string of the molecule is COC1=C(COc2cccc(C(O)CCN)c2)C=CCC1. The molecule has 114 valence electrons.